The Morgan fingerprint density at radius 2 is 1.53 bits per heavy atom. The van der Waals surface area contributed by atoms with Crippen molar-refractivity contribution in [1.82, 2.24) is 0 Å². The van der Waals surface area contributed by atoms with Crippen LogP contribution in [-0.4, -0.2) is 29.1 Å². The van der Waals surface area contributed by atoms with Crippen LogP contribution in [0.25, 0.3) is 0 Å². The van der Waals surface area contributed by atoms with Crippen LogP contribution >= 0.6 is 0 Å². The lowest BCUT2D eigenvalue weighted by Crippen LogP contribution is -2.16. The lowest BCUT2D eigenvalue weighted by atomic mass is 9.94. The van der Waals surface area contributed by atoms with Crippen molar-refractivity contribution in [2.24, 2.45) is 11.8 Å². The Morgan fingerprint density at radius 3 is 2.00 bits per heavy atom. The molecule has 0 aromatic carbocycles. The van der Waals surface area contributed by atoms with Crippen LogP contribution in [0, 0.1) is 11.8 Å². The van der Waals surface area contributed by atoms with Gasteiger partial charge in [-0.15, -0.1) is 0 Å². The second-order valence-electron chi connectivity index (χ2n) is 5.01. The monoisotopic (exact) mass is 220 g/mol. The Balaban J connectivity index is 3.56. The summed E-state index contributed by atoms with van der Waals surface area (Å²) in [6, 6.07) is 0. The van der Waals surface area contributed by atoms with Crippen molar-refractivity contribution >= 4 is 0 Å². The van der Waals surface area contributed by atoms with E-state index in [1.165, 1.54) is 0 Å². The standard InChI is InChI=1S/C12H25FO2/c1-9(2)6-11(14)5-4-10(3)7-12(15)8-13/h9-12,14-15H,4-8H2,1-3H3/t10?,11-,12?/m0/s1. The van der Waals surface area contributed by atoms with Gasteiger partial charge in [-0.25, -0.2) is 4.39 Å². The number of rotatable bonds is 8. The third-order valence-electron chi connectivity index (χ3n) is 2.59. The zero-order chi connectivity index (χ0) is 11.8. The van der Waals surface area contributed by atoms with E-state index in [1.807, 2.05) is 6.92 Å². The highest BCUT2D eigenvalue weighted by Crippen LogP contribution is 2.17. The van der Waals surface area contributed by atoms with Gasteiger partial charge in [0.25, 0.3) is 0 Å². The first-order valence-corrected chi connectivity index (χ1v) is 5.87. The second-order valence-corrected chi connectivity index (χ2v) is 5.01. The van der Waals surface area contributed by atoms with Crippen molar-refractivity contribution in [1.29, 1.82) is 0 Å². The third-order valence-corrected chi connectivity index (χ3v) is 2.59. The molecule has 3 atom stereocenters. The largest absolute Gasteiger partial charge is 0.393 e. The molecular weight excluding hydrogens is 195 g/mol. The van der Waals surface area contributed by atoms with E-state index in [1.54, 1.807) is 0 Å². The minimum Gasteiger partial charge on any atom is -0.393 e. The van der Waals surface area contributed by atoms with Gasteiger partial charge in [0.1, 0.15) is 6.67 Å². The number of hydrogen-bond acceptors (Lipinski definition) is 2. The van der Waals surface area contributed by atoms with Crippen LogP contribution in [-0.2, 0) is 0 Å². The molecule has 0 amide bonds. The summed E-state index contributed by atoms with van der Waals surface area (Å²) >= 11 is 0. The van der Waals surface area contributed by atoms with Gasteiger partial charge in [-0.3, -0.25) is 0 Å². The second kappa shape index (κ2) is 8.05. The highest BCUT2D eigenvalue weighted by molar-refractivity contribution is 4.65. The molecule has 2 nitrogen and oxygen atoms in total. The number of aliphatic hydroxyl groups excluding tert-OH is 2. The summed E-state index contributed by atoms with van der Waals surface area (Å²) in [5.74, 6) is 0.782. The average molecular weight is 220 g/mol. The van der Waals surface area contributed by atoms with Gasteiger partial charge < -0.3 is 10.2 Å². The molecule has 0 heterocycles. The first kappa shape index (κ1) is 14.8. The smallest absolute Gasteiger partial charge is 0.115 e. The van der Waals surface area contributed by atoms with Crippen LogP contribution in [0.5, 0.6) is 0 Å². The van der Waals surface area contributed by atoms with E-state index in [9.17, 15) is 9.50 Å². The Bertz CT molecular complexity index is 151. The summed E-state index contributed by atoms with van der Waals surface area (Å²) in [5.41, 5.74) is 0. The van der Waals surface area contributed by atoms with E-state index in [0.717, 1.165) is 19.3 Å². The fourth-order valence-electron chi connectivity index (χ4n) is 1.78. The van der Waals surface area contributed by atoms with Crippen LogP contribution in [0.1, 0.15) is 46.5 Å². The van der Waals surface area contributed by atoms with Crippen LogP contribution in [0.2, 0.25) is 0 Å². The molecule has 3 heteroatoms. The Labute approximate surface area is 92.5 Å². The van der Waals surface area contributed by atoms with E-state index in [0.29, 0.717) is 12.3 Å². The molecule has 0 aliphatic rings. The Kier molecular flexibility index (Phi) is 7.97. The highest BCUT2D eigenvalue weighted by atomic mass is 19.1. The molecule has 0 spiro atoms. The minimum absolute atomic E-state index is 0.255. The highest BCUT2D eigenvalue weighted by Gasteiger charge is 2.13. The predicted molar refractivity (Wildman–Crippen MR) is 60.5 cm³/mol. The van der Waals surface area contributed by atoms with Crippen molar-refractivity contribution in [2.45, 2.75) is 58.7 Å². The van der Waals surface area contributed by atoms with Crippen LogP contribution in [0.3, 0.4) is 0 Å². The molecule has 0 radical (unpaired) electrons. The van der Waals surface area contributed by atoms with Gasteiger partial charge >= 0.3 is 0 Å². The molecule has 0 saturated carbocycles. The summed E-state index contributed by atoms with van der Waals surface area (Å²) in [5, 5.41) is 18.7. The van der Waals surface area contributed by atoms with Crippen LogP contribution in [0.4, 0.5) is 4.39 Å². The molecule has 0 saturated heterocycles. The Hall–Kier alpha value is -0.150. The summed E-state index contributed by atoms with van der Waals surface area (Å²) in [6.45, 7) is 5.48. The van der Waals surface area contributed by atoms with Crippen LogP contribution in [0.15, 0.2) is 0 Å². The molecule has 0 aromatic heterocycles. The van der Waals surface area contributed by atoms with E-state index in [2.05, 4.69) is 13.8 Å². The van der Waals surface area contributed by atoms with Crippen LogP contribution < -0.4 is 0 Å². The Morgan fingerprint density at radius 1 is 0.933 bits per heavy atom. The van der Waals surface area contributed by atoms with E-state index >= 15 is 0 Å². The van der Waals surface area contributed by atoms with Gasteiger partial charge in [0, 0.05) is 0 Å². The molecular formula is C12H25FO2. The van der Waals surface area contributed by atoms with Gasteiger partial charge in [0.2, 0.25) is 0 Å². The number of aliphatic hydroxyl groups is 2. The van der Waals surface area contributed by atoms with E-state index in [4.69, 9.17) is 5.11 Å². The maximum absolute atomic E-state index is 12.0. The molecule has 15 heavy (non-hydrogen) atoms. The van der Waals surface area contributed by atoms with Crippen molar-refractivity contribution in [3.8, 4) is 0 Å². The molecule has 0 fully saturated rings. The van der Waals surface area contributed by atoms with Gasteiger partial charge in [0.05, 0.1) is 12.2 Å². The topological polar surface area (TPSA) is 40.5 Å². The predicted octanol–water partition coefficient (Wildman–Crippen LogP) is 2.53. The quantitative estimate of drug-likeness (QED) is 0.660. The SMILES string of the molecule is CC(C)C[C@@H](O)CCC(C)CC(O)CF. The summed E-state index contributed by atoms with van der Waals surface area (Å²) in [4.78, 5) is 0. The fourth-order valence-corrected chi connectivity index (χ4v) is 1.78. The lowest BCUT2D eigenvalue weighted by Gasteiger charge is -2.17. The fraction of sp³-hybridized carbons (Fsp3) is 1.00. The summed E-state index contributed by atoms with van der Waals surface area (Å²) < 4.78 is 12.0. The molecule has 2 unspecified atom stereocenters. The van der Waals surface area contributed by atoms with Crippen molar-refractivity contribution < 1.29 is 14.6 Å². The third kappa shape index (κ3) is 8.82. The maximum Gasteiger partial charge on any atom is 0.115 e. The molecule has 0 aliphatic carbocycles. The zero-order valence-corrected chi connectivity index (χ0v) is 10.1. The van der Waals surface area contributed by atoms with Gasteiger partial charge in [-0.2, -0.15) is 0 Å². The van der Waals surface area contributed by atoms with E-state index in [-0.39, 0.29) is 12.0 Å². The van der Waals surface area contributed by atoms with Gasteiger partial charge in [-0.05, 0) is 37.5 Å². The van der Waals surface area contributed by atoms with Crippen molar-refractivity contribution in [3.05, 3.63) is 0 Å². The maximum atomic E-state index is 12.0. The molecule has 0 bridgehead atoms. The minimum atomic E-state index is -0.831. The molecule has 0 aliphatic heterocycles. The summed E-state index contributed by atoms with van der Waals surface area (Å²) in [6.07, 6.45) is 1.82. The average Bonchev–Trinajstić information content (AvgIpc) is 2.13. The number of alkyl halides is 1. The van der Waals surface area contributed by atoms with Gasteiger partial charge in [-0.1, -0.05) is 20.8 Å². The molecule has 92 valence electrons. The number of halogens is 1. The number of hydrogen-bond donors (Lipinski definition) is 2. The van der Waals surface area contributed by atoms with Crippen molar-refractivity contribution in [2.75, 3.05) is 6.67 Å². The summed E-state index contributed by atoms with van der Waals surface area (Å²) in [7, 11) is 0. The first-order valence-electron chi connectivity index (χ1n) is 5.87. The lowest BCUT2D eigenvalue weighted by molar-refractivity contribution is 0.100. The van der Waals surface area contributed by atoms with Crippen molar-refractivity contribution in [3.63, 3.8) is 0 Å². The zero-order valence-electron chi connectivity index (χ0n) is 10.1. The molecule has 2 N–H and O–H groups in total. The normalized spacial score (nSPS) is 17.8. The first-order chi connectivity index (χ1) is 6.95. The molecule has 0 aromatic rings. The van der Waals surface area contributed by atoms with Gasteiger partial charge in [0.15, 0.2) is 0 Å². The van der Waals surface area contributed by atoms with E-state index < -0.39 is 12.8 Å². The molecule has 0 rings (SSSR count).